The Morgan fingerprint density at radius 3 is 2.83 bits per heavy atom. The monoisotopic (exact) mass is 396 g/mol. The molecule has 7 heteroatoms. The number of aromatic nitrogens is 1. The number of ether oxygens (including phenoxy) is 1. The molecule has 0 saturated heterocycles. The first-order valence-corrected chi connectivity index (χ1v) is 7.95. The van der Waals surface area contributed by atoms with Crippen molar-refractivity contribution in [3.8, 4) is 0 Å². The average Bonchev–Trinajstić information content (AvgIpc) is 2.52. The minimum atomic E-state index is -0.607. The molecule has 2 aromatic rings. The highest BCUT2D eigenvalue weighted by Gasteiger charge is 2.13. The summed E-state index contributed by atoms with van der Waals surface area (Å²) in [6, 6.07) is 8.52. The van der Waals surface area contributed by atoms with Crippen LogP contribution in [0, 0.1) is 0 Å². The average molecular weight is 398 g/mol. The first-order valence-electron chi connectivity index (χ1n) is 6.78. The summed E-state index contributed by atoms with van der Waals surface area (Å²) in [5.74, 6) is -1.00. The van der Waals surface area contributed by atoms with Crippen LogP contribution in [0.25, 0.3) is 0 Å². The maximum atomic E-state index is 11.9. The van der Waals surface area contributed by atoms with Crippen molar-refractivity contribution in [3.05, 3.63) is 63.3 Å². The maximum absolute atomic E-state index is 11.9. The lowest BCUT2D eigenvalue weighted by molar-refractivity contribution is -0.124. The molecule has 2 rings (SSSR count). The van der Waals surface area contributed by atoms with Crippen molar-refractivity contribution in [2.75, 3.05) is 6.61 Å². The predicted molar refractivity (Wildman–Crippen MR) is 90.2 cm³/mol. The third kappa shape index (κ3) is 5.33. The molecule has 1 aromatic heterocycles. The smallest absolute Gasteiger partial charge is 0.340 e. The largest absolute Gasteiger partial charge is 0.452 e. The molecule has 0 spiro atoms. The highest BCUT2D eigenvalue weighted by Crippen LogP contribution is 2.17. The van der Waals surface area contributed by atoms with Crippen LogP contribution >= 0.6 is 27.5 Å². The fourth-order valence-electron chi connectivity index (χ4n) is 1.88. The minimum Gasteiger partial charge on any atom is -0.452 e. The van der Waals surface area contributed by atoms with E-state index in [-0.39, 0.29) is 18.2 Å². The number of nitrogens with zero attached hydrogens (tertiary/aromatic N) is 1. The Morgan fingerprint density at radius 1 is 1.35 bits per heavy atom. The van der Waals surface area contributed by atoms with Crippen molar-refractivity contribution in [3.63, 3.8) is 0 Å². The number of amides is 1. The van der Waals surface area contributed by atoms with Crippen LogP contribution in [0.3, 0.4) is 0 Å². The van der Waals surface area contributed by atoms with Gasteiger partial charge in [-0.1, -0.05) is 23.7 Å². The van der Waals surface area contributed by atoms with E-state index in [0.717, 1.165) is 5.56 Å². The number of carbonyl (C=O) groups excluding carboxylic acids is 2. The molecule has 23 heavy (non-hydrogen) atoms. The summed E-state index contributed by atoms with van der Waals surface area (Å²) in [5, 5.41) is 3.34. The van der Waals surface area contributed by atoms with Gasteiger partial charge in [0.05, 0.1) is 11.6 Å². The Bertz CT molecular complexity index is 724. The zero-order valence-electron chi connectivity index (χ0n) is 12.3. The summed E-state index contributed by atoms with van der Waals surface area (Å²) in [7, 11) is 0. The van der Waals surface area contributed by atoms with Gasteiger partial charge in [-0.25, -0.2) is 4.79 Å². The highest BCUT2D eigenvalue weighted by molar-refractivity contribution is 9.10. The van der Waals surface area contributed by atoms with Crippen molar-refractivity contribution >= 4 is 39.4 Å². The predicted octanol–water partition coefficient (Wildman–Crippen LogP) is 3.53. The Kier molecular flexibility index (Phi) is 6.12. The van der Waals surface area contributed by atoms with E-state index in [1.807, 2.05) is 13.0 Å². The number of benzene rings is 1. The van der Waals surface area contributed by atoms with Crippen molar-refractivity contribution in [2.45, 2.75) is 13.0 Å². The third-order valence-corrected chi connectivity index (χ3v) is 3.67. The molecule has 1 aromatic carbocycles. The molecule has 1 atom stereocenters. The number of pyridine rings is 1. The van der Waals surface area contributed by atoms with E-state index in [2.05, 4.69) is 26.2 Å². The molecule has 0 fully saturated rings. The number of nitrogens with one attached hydrogen (secondary N) is 1. The van der Waals surface area contributed by atoms with Gasteiger partial charge < -0.3 is 10.1 Å². The second-order valence-corrected chi connectivity index (χ2v) is 6.16. The number of carbonyl (C=O) groups is 2. The summed E-state index contributed by atoms with van der Waals surface area (Å²) in [4.78, 5) is 27.6. The zero-order valence-corrected chi connectivity index (χ0v) is 14.6. The molecule has 0 aliphatic rings. The summed E-state index contributed by atoms with van der Waals surface area (Å²) >= 11 is 9.13. The lowest BCUT2D eigenvalue weighted by Crippen LogP contribution is -2.31. The fourth-order valence-corrected chi connectivity index (χ4v) is 2.44. The standard InChI is InChI=1S/C16H14BrClN2O3/c1-10(11-3-2-4-14(18)6-11)20-15(21)9-23-16(22)12-5-13(17)8-19-7-12/h2-8,10H,9H2,1H3,(H,20,21)/t10-/m1/s1. The van der Waals surface area contributed by atoms with Gasteiger partial charge in [-0.3, -0.25) is 9.78 Å². The Morgan fingerprint density at radius 2 is 2.13 bits per heavy atom. The fraction of sp³-hybridized carbons (Fsp3) is 0.188. The van der Waals surface area contributed by atoms with Crippen LogP contribution in [-0.2, 0) is 9.53 Å². The maximum Gasteiger partial charge on any atom is 0.340 e. The van der Waals surface area contributed by atoms with Crippen LogP contribution in [0.5, 0.6) is 0 Å². The van der Waals surface area contributed by atoms with E-state index in [1.165, 1.54) is 6.20 Å². The Hall–Kier alpha value is -1.92. The summed E-state index contributed by atoms with van der Waals surface area (Å²) < 4.78 is 5.63. The summed E-state index contributed by atoms with van der Waals surface area (Å²) in [5.41, 5.74) is 1.14. The Labute approximate surface area is 147 Å². The van der Waals surface area contributed by atoms with Crippen molar-refractivity contribution < 1.29 is 14.3 Å². The molecular weight excluding hydrogens is 384 g/mol. The first-order chi connectivity index (χ1) is 11.0. The number of hydrogen-bond donors (Lipinski definition) is 1. The summed E-state index contributed by atoms with van der Waals surface area (Å²) in [6.07, 6.45) is 2.93. The van der Waals surface area contributed by atoms with Crippen LogP contribution < -0.4 is 5.32 Å². The molecule has 0 aliphatic heterocycles. The minimum absolute atomic E-state index is 0.243. The van der Waals surface area contributed by atoms with E-state index < -0.39 is 11.9 Å². The van der Waals surface area contributed by atoms with Gasteiger partial charge in [0.1, 0.15) is 0 Å². The molecule has 0 saturated carbocycles. The second kappa shape index (κ2) is 8.08. The van der Waals surface area contributed by atoms with Crippen LogP contribution in [0.15, 0.2) is 47.2 Å². The van der Waals surface area contributed by atoms with E-state index in [9.17, 15) is 9.59 Å². The molecule has 0 aliphatic carbocycles. The summed E-state index contributed by atoms with van der Waals surface area (Å²) in [6.45, 7) is 1.46. The molecule has 0 unspecified atom stereocenters. The van der Waals surface area contributed by atoms with Gasteiger partial charge in [0.15, 0.2) is 6.61 Å². The van der Waals surface area contributed by atoms with Crippen molar-refractivity contribution in [2.24, 2.45) is 0 Å². The van der Waals surface area contributed by atoms with E-state index in [1.54, 1.807) is 30.5 Å². The lowest BCUT2D eigenvalue weighted by atomic mass is 10.1. The van der Waals surface area contributed by atoms with E-state index in [0.29, 0.717) is 9.50 Å². The van der Waals surface area contributed by atoms with Crippen molar-refractivity contribution in [1.82, 2.24) is 10.3 Å². The SMILES string of the molecule is C[C@@H](NC(=O)COC(=O)c1cncc(Br)c1)c1cccc(Cl)c1. The number of esters is 1. The van der Waals surface area contributed by atoms with Gasteiger partial charge in [0.25, 0.3) is 5.91 Å². The molecule has 1 amide bonds. The van der Waals surface area contributed by atoms with Crippen LogP contribution in [0.1, 0.15) is 28.9 Å². The van der Waals surface area contributed by atoms with E-state index >= 15 is 0 Å². The van der Waals surface area contributed by atoms with Gasteiger partial charge in [0.2, 0.25) is 0 Å². The molecule has 0 bridgehead atoms. The zero-order chi connectivity index (χ0) is 16.8. The van der Waals surface area contributed by atoms with Gasteiger partial charge in [0, 0.05) is 21.9 Å². The van der Waals surface area contributed by atoms with Gasteiger partial charge in [-0.15, -0.1) is 0 Å². The first kappa shape index (κ1) is 17.4. The second-order valence-electron chi connectivity index (χ2n) is 4.81. The lowest BCUT2D eigenvalue weighted by Gasteiger charge is -2.14. The van der Waals surface area contributed by atoms with Crippen LogP contribution in [-0.4, -0.2) is 23.5 Å². The van der Waals surface area contributed by atoms with E-state index in [4.69, 9.17) is 16.3 Å². The third-order valence-electron chi connectivity index (χ3n) is 3.00. The molecule has 5 nitrogen and oxygen atoms in total. The molecule has 120 valence electrons. The molecular formula is C16H14BrClN2O3. The van der Waals surface area contributed by atoms with Gasteiger partial charge in [-0.2, -0.15) is 0 Å². The molecule has 1 N–H and O–H groups in total. The molecule has 1 heterocycles. The number of rotatable bonds is 5. The van der Waals surface area contributed by atoms with Gasteiger partial charge >= 0.3 is 5.97 Å². The normalized spacial score (nSPS) is 11.6. The van der Waals surface area contributed by atoms with Crippen LogP contribution in [0.4, 0.5) is 0 Å². The van der Waals surface area contributed by atoms with Gasteiger partial charge in [-0.05, 0) is 46.6 Å². The van der Waals surface area contributed by atoms with Crippen molar-refractivity contribution in [1.29, 1.82) is 0 Å². The quantitative estimate of drug-likeness (QED) is 0.784. The number of halogens is 2. The topological polar surface area (TPSA) is 68.3 Å². The van der Waals surface area contributed by atoms with Crippen LogP contribution in [0.2, 0.25) is 5.02 Å². The Balaban J connectivity index is 1.86. The molecule has 0 radical (unpaired) electrons. The number of hydrogen-bond acceptors (Lipinski definition) is 4. The highest BCUT2D eigenvalue weighted by atomic mass is 79.9.